The Labute approximate surface area is 111 Å². The second kappa shape index (κ2) is 7.74. The molecule has 1 aliphatic carbocycles. The maximum atomic E-state index is 12.1. The molecule has 0 heterocycles. The number of nitrogens with one attached hydrogen (secondary N) is 1. The number of hydrogen-bond acceptors (Lipinski definition) is 3. The highest BCUT2D eigenvalue weighted by Gasteiger charge is 2.27. The minimum Gasteiger partial charge on any atom is -0.350 e. The molecule has 0 bridgehead atoms. The highest BCUT2D eigenvalue weighted by atomic mass is 16.2. The summed E-state index contributed by atoms with van der Waals surface area (Å²) >= 11 is 0. The van der Waals surface area contributed by atoms with Gasteiger partial charge >= 0.3 is 0 Å². The fraction of sp³-hybridized carbons (Fsp3) is 0.929. The third-order valence-electron chi connectivity index (χ3n) is 4.36. The molecule has 4 heteroatoms. The van der Waals surface area contributed by atoms with Gasteiger partial charge in [0.05, 0.1) is 6.04 Å². The maximum Gasteiger partial charge on any atom is 0.237 e. The van der Waals surface area contributed by atoms with Crippen LogP contribution in [0.5, 0.6) is 0 Å². The van der Waals surface area contributed by atoms with Crippen molar-refractivity contribution in [3.63, 3.8) is 0 Å². The zero-order valence-electron chi connectivity index (χ0n) is 11.8. The van der Waals surface area contributed by atoms with Gasteiger partial charge in [-0.05, 0) is 24.7 Å². The van der Waals surface area contributed by atoms with Gasteiger partial charge in [-0.15, -0.1) is 0 Å². The largest absolute Gasteiger partial charge is 0.350 e. The van der Waals surface area contributed by atoms with E-state index < -0.39 is 6.04 Å². The number of nitrogens with two attached hydrogens (primary N) is 2. The summed E-state index contributed by atoms with van der Waals surface area (Å²) in [5, 5.41) is 3.06. The topological polar surface area (TPSA) is 81.1 Å². The van der Waals surface area contributed by atoms with Crippen molar-refractivity contribution in [2.75, 3.05) is 6.54 Å². The van der Waals surface area contributed by atoms with Crippen molar-refractivity contribution in [1.82, 2.24) is 5.32 Å². The molecule has 1 amide bonds. The van der Waals surface area contributed by atoms with E-state index in [9.17, 15) is 4.79 Å². The summed E-state index contributed by atoms with van der Waals surface area (Å²) in [6.45, 7) is 4.59. The quantitative estimate of drug-likeness (QED) is 0.671. The number of hydrogen-bond donors (Lipinski definition) is 3. The van der Waals surface area contributed by atoms with Crippen LogP contribution in [0.4, 0.5) is 0 Å². The van der Waals surface area contributed by atoms with Gasteiger partial charge in [0, 0.05) is 12.6 Å². The van der Waals surface area contributed by atoms with Crippen molar-refractivity contribution < 1.29 is 4.79 Å². The van der Waals surface area contributed by atoms with Crippen LogP contribution in [-0.4, -0.2) is 24.5 Å². The lowest BCUT2D eigenvalue weighted by atomic mass is 9.83. The molecular weight excluding hydrogens is 226 g/mol. The van der Waals surface area contributed by atoms with Crippen LogP contribution in [0.1, 0.15) is 52.4 Å². The molecule has 5 N–H and O–H groups in total. The molecule has 4 nitrogen and oxygen atoms in total. The van der Waals surface area contributed by atoms with E-state index in [1.165, 1.54) is 32.1 Å². The molecule has 1 fully saturated rings. The van der Waals surface area contributed by atoms with Gasteiger partial charge in [-0.3, -0.25) is 4.79 Å². The average molecular weight is 255 g/mol. The molecule has 1 saturated carbocycles. The highest BCUT2D eigenvalue weighted by Crippen LogP contribution is 2.26. The summed E-state index contributed by atoms with van der Waals surface area (Å²) in [7, 11) is 0. The summed E-state index contributed by atoms with van der Waals surface area (Å²) in [5.74, 6) is 0.719. The normalized spacial score (nSPS) is 22.2. The predicted octanol–water partition coefficient (Wildman–Crippen LogP) is 1.38. The number of carbonyl (C=O) groups excluding carboxylic acids is 1. The molecule has 3 atom stereocenters. The monoisotopic (exact) mass is 255 g/mol. The molecule has 0 aromatic rings. The van der Waals surface area contributed by atoms with Crippen LogP contribution in [0.15, 0.2) is 0 Å². The summed E-state index contributed by atoms with van der Waals surface area (Å²) in [5.41, 5.74) is 11.8. The average Bonchev–Trinajstić information content (AvgIpc) is 2.43. The molecule has 0 aromatic carbocycles. The third kappa shape index (κ3) is 4.25. The van der Waals surface area contributed by atoms with Crippen molar-refractivity contribution in [3.05, 3.63) is 0 Å². The molecular formula is C14H29N3O. The molecule has 18 heavy (non-hydrogen) atoms. The van der Waals surface area contributed by atoms with E-state index in [4.69, 9.17) is 11.5 Å². The number of amides is 1. The third-order valence-corrected chi connectivity index (χ3v) is 4.36. The van der Waals surface area contributed by atoms with Crippen LogP contribution in [-0.2, 0) is 4.79 Å². The van der Waals surface area contributed by atoms with E-state index in [-0.39, 0.29) is 17.9 Å². The van der Waals surface area contributed by atoms with Crippen LogP contribution >= 0.6 is 0 Å². The van der Waals surface area contributed by atoms with Crippen LogP contribution in [0.2, 0.25) is 0 Å². The Morgan fingerprint density at radius 3 is 2.44 bits per heavy atom. The second-order valence-corrected chi connectivity index (χ2v) is 5.66. The van der Waals surface area contributed by atoms with Crippen LogP contribution < -0.4 is 16.8 Å². The molecule has 0 aliphatic heterocycles. The van der Waals surface area contributed by atoms with Crippen molar-refractivity contribution >= 4 is 5.91 Å². The molecule has 0 saturated heterocycles. The van der Waals surface area contributed by atoms with Gasteiger partial charge in [0.15, 0.2) is 0 Å². The van der Waals surface area contributed by atoms with Gasteiger partial charge in [-0.25, -0.2) is 0 Å². The van der Waals surface area contributed by atoms with Gasteiger partial charge in [-0.2, -0.15) is 0 Å². The molecule has 3 unspecified atom stereocenters. The number of carbonyl (C=O) groups is 1. The Hall–Kier alpha value is -0.610. The summed E-state index contributed by atoms with van der Waals surface area (Å²) in [4.78, 5) is 12.1. The standard InChI is InChI=1S/C14H29N3O/c1-3-10(2)13(16)14(18)17-12(9-15)11-7-5-4-6-8-11/h10-13H,3-9,15-16H2,1-2H3,(H,17,18). The van der Waals surface area contributed by atoms with Gasteiger partial charge in [0.1, 0.15) is 0 Å². The smallest absolute Gasteiger partial charge is 0.237 e. The van der Waals surface area contributed by atoms with Crippen molar-refractivity contribution in [1.29, 1.82) is 0 Å². The molecule has 0 radical (unpaired) electrons. The van der Waals surface area contributed by atoms with E-state index in [1.54, 1.807) is 0 Å². The fourth-order valence-electron chi connectivity index (χ4n) is 2.70. The lowest BCUT2D eigenvalue weighted by Crippen LogP contribution is -2.53. The lowest BCUT2D eigenvalue weighted by molar-refractivity contribution is -0.124. The molecule has 1 aliphatic rings. The Morgan fingerprint density at radius 1 is 1.33 bits per heavy atom. The van der Waals surface area contributed by atoms with Crippen molar-refractivity contribution in [2.24, 2.45) is 23.3 Å². The zero-order chi connectivity index (χ0) is 13.5. The van der Waals surface area contributed by atoms with Gasteiger partial charge in [-0.1, -0.05) is 39.5 Å². The zero-order valence-corrected chi connectivity index (χ0v) is 11.8. The first-order chi connectivity index (χ1) is 8.60. The lowest BCUT2D eigenvalue weighted by Gasteiger charge is -2.31. The summed E-state index contributed by atoms with van der Waals surface area (Å²) < 4.78 is 0. The first kappa shape index (κ1) is 15.4. The van der Waals surface area contributed by atoms with Crippen molar-refractivity contribution in [3.8, 4) is 0 Å². The molecule has 0 aromatic heterocycles. The Morgan fingerprint density at radius 2 is 1.94 bits per heavy atom. The van der Waals surface area contributed by atoms with E-state index in [2.05, 4.69) is 12.2 Å². The van der Waals surface area contributed by atoms with Gasteiger partial charge in [0.2, 0.25) is 5.91 Å². The molecule has 106 valence electrons. The maximum absolute atomic E-state index is 12.1. The van der Waals surface area contributed by atoms with Crippen LogP contribution in [0.3, 0.4) is 0 Å². The summed E-state index contributed by atoms with van der Waals surface area (Å²) in [6, 6.07) is -0.305. The van der Waals surface area contributed by atoms with Crippen LogP contribution in [0, 0.1) is 11.8 Å². The molecule has 0 spiro atoms. The molecule has 1 rings (SSSR count). The fourth-order valence-corrected chi connectivity index (χ4v) is 2.70. The first-order valence-corrected chi connectivity index (χ1v) is 7.36. The minimum atomic E-state index is -0.410. The summed E-state index contributed by atoms with van der Waals surface area (Å²) in [6.07, 6.45) is 7.11. The van der Waals surface area contributed by atoms with E-state index in [0.717, 1.165) is 6.42 Å². The number of rotatable bonds is 6. The Bertz CT molecular complexity index is 251. The SMILES string of the molecule is CCC(C)C(N)C(=O)NC(CN)C1CCCCC1. The van der Waals surface area contributed by atoms with Crippen molar-refractivity contribution in [2.45, 2.75) is 64.5 Å². The van der Waals surface area contributed by atoms with Crippen LogP contribution in [0.25, 0.3) is 0 Å². The first-order valence-electron chi connectivity index (χ1n) is 7.36. The highest BCUT2D eigenvalue weighted by molar-refractivity contribution is 5.82. The van der Waals surface area contributed by atoms with E-state index in [0.29, 0.717) is 12.5 Å². The van der Waals surface area contributed by atoms with E-state index >= 15 is 0 Å². The second-order valence-electron chi connectivity index (χ2n) is 5.66. The van der Waals surface area contributed by atoms with E-state index in [1.807, 2.05) is 6.92 Å². The predicted molar refractivity (Wildman–Crippen MR) is 75.0 cm³/mol. The minimum absolute atomic E-state index is 0.0367. The van der Waals surface area contributed by atoms with Gasteiger partial charge < -0.3 is 16.8 Å². The Balaban J connectivity index is 2.48. The van der Waals surface area contributed by atoms with Gasteiger partial charge in [0.25, 0.3) is 0 Å². The Kier molecular flexibility index (Phi) is 6.65.